The minimum Gasteiger partial charge on any atom is -0.480 e. The van der Waals surface area contributed by atoms with Crippen molar-refractivity contribution in [1.29, 1.82) is 0 Å². The van der Waals surface area contributed by atoms with Crippen molar-refractivity contribution in [2.24, 2.45) is 0 Å². The number of nitrogens with one attached hydrogen (secondary N) is 2. The summed E-state index contributed by atoms with van der Waals surface area (Å²) < 4.78 is 12.1. The van der Waals surface area contributed by atoms with Gasteiger partial charge in [-0.3, -0.25) is 5.32 Å². The lowest BCUT2D eigenvalue weighted by molar-refractivity contribution is 0.252. The van der Waals surface area contributed by atoms with E-state index in [0.717, 1.165) is 5.56 Å². The third kappa shape index (κ3) is 3.44. The van der Waals surface area contributed by atoms with E-state index < -0.39 is 0 Å². The fourth-order valence-corrected chi connectivity index (χ4v) is 2.33. The van der Waals surface area contributed by atoms with Gasteiger partial charge >= 0.3 is 12.0 Å². The van der Waals surface area contributed by atoms with Crippen molar-refractivity contribution in [3.63, 3.8) is 0 Å². The highest BCUT2D eigenvalue weighted by Crippen LogP contribution is 2.29. The molecule has 3 rings (SSSR count). The summed E-state index contributed by atoms with van der Waals surface area (Å²) in [6.45, 7) is 2.39. The van der Waals surface area contributed by atoms with Crippen LogP contribution in [-0.4, -0.2) is 46.1 Å². The summed E-state index contributed by atoms with van der Waals surface area (Å²) in [6.07, 6.45) is 5.20. The summed E-state index contributed by atoms with van der Waals surface area (Å²) >= 11 is 0. The molecule has 0 aliphatic carbocycles. The molecule has 0 unspecified atom stereocenters. The van der Waals surface area contributed by atoms with E-state index in [9.17, 15) is 4.79 Å². The Bertz CT molecular complexity index is 908. The molecule has 9 heteroatoms. The third-order valence-corrected chi connectivity index (χ3v) is 3.46. The standard InChI is InChI=1S/C16H18N6O3/c1-4-17-15(23)20-12-9-22-6-5-10(7-13(22)19-12)11-8-18-16(25-3)21-14(11)24-2/h5-9H,4H2,1-3H3,(H2,17,20,23). The van der Waals surface area contributed by atoms with Crippen molar-refractivity contribution >= 4 is 17.5 Å². The van der Waals surface area contributed by atoms with Crippen LogP contribution >= 0.6 is 0 Å². The van der Waals surface area contributed by atoms with Crippen LogP contribution in [0.3, 0.4) is 0 Å². The van der Waals surface area contributed by atoms with Crippen LogP contribution in [-0.2, 0) is 0 Å². The number of methoxy groups -OCH3 is 2. The first-order valence-electron chi connectivity index (χ1n) is 7.63. The molecule has 0 atom stereocenters. The number of amides is 2. The molecule has 0 saturated carbocycles. The maximum atomic E-state index is 11.6. The first kappa shape index (κ1) is 16.5. The van der Waals surface area contributed by atoms with E-state index in [0.29, 0.717) is 29.5 Å². The molecule has 0 bridgehead atoms. The Morgan fingerprint density at radius 3 is 2.84 bits per heavy atom. The van der Waals surface area contributed by atoms with Crippen molar-refractivity contribution in [2.45, 2.75) is 6.92 Å². The van der Waals surface area contributed by atoms with Gasteiger partial charge in [-0.2, -0.15) is 4.98 Å². The van der Waals surface area contributed by atoms with Crippen LogP contribution in [0, 0.1) is 0 Å². The van der Waals surface area contributed by atoms with Crippen LogP contribution in [0.2, 0.25) is 0 Å². The minimum atomic E-state index is -0.295. The van der Waals surface area contributed by atoms with E-state index in [1.54, 1.807) is 12.4 Å². The highest BCUT2D eigenvalue weighted by molar-refractivity contribution is 5.88. The third-order valence-electron chi connectivity index (χ3n) is 3.46. The minimum absolute atomic E-state index is 0.232. The van der Waals surface area contributed by atoms with E-state index >= 15 is 0 Å². The molecule has 130 valence electrons. The van der Waals surface area contributed by atoms with E-state index in [4.69, 9.17) is 9.47 Å². The summed E-state index contributed by atoms with van der Waals surface area (Å²) in [5.41, 5.74) is 2.22. The van der Waals surface area contributed by atoms with Gasteiger partial charge in [0.25, 0.3) is 0 Å². The van der Waals surface area contributed by atoms with Gasteiger partial charge in [0, 0.05) is 18.9 Å². The number of hydrogen-bond acceptors (Lipinski definition) is 6. The Labute approximate surface area is 144 Å². The van der Waals surface area contributed by atoms with Gasteiger partial charge in [-0.25, -0.2) is 14.8 Å². The van der Waals surface area contributed by atoms with Gasteiger partial charge in [0.1, 0.15) is 5.65 Å². The van der Waals surface area contributed by atoms with Crippen molar-refractivity contribution in [3.8, 4) is 23.0 Å². The predicted octanol–water partition coefficient (Wildman–Crippen LogP) is 1.95. The van der Waals surface area contributed by atoms with Crippen LogP contribution in [0.4, 0.5) is 10.6 Å². The van der Waals surface area contributed by atoms with Crippen molar-refractivity contribution in [1.82, 2.24) is 24.7 Å². The second kappa shape index (κ2) is 7.04. The molecule has 2 N–H and O–H groups in total. The molecule has 0 aromatic carbocycles. The Morgan fingerprint density at radius 1 is 1.28 bits per heavy atom. The predicted molar refractivity (Wildman–Crippen MR) is 92.0 cm³/mol. The van der Waals surface area contributed by atoms with Crippen LogP contribution in [0.15, 0.2) is 30.7 Å². The number of aromatic nitrogens is 4. The average molecular weight is 342 g/mol. The Kier molecular flexibility index (Phi) is 4.64. The number of carbonyl (C=O) groups is 1. The number of rotatable bonds is 5. The molecule has 25 heavy (non-hydrogen) atoms. The summed E-state index contributed by atoms with van der Waals surface area (Å²) in [5, 5.41) is 5.34. The van der Waals surface area contributed by atoms with Gasteiger partial charge < -0.3 is 19.2 Å². The monoisotopic (exact) mass is 342 g/mol. The van der Waals surface area contributed by atoms with Crippen molar-refractivity contribution in [2.75, 3.05) is 26.1 Å². The SMILES string of the molecule is CCNC(=O)Nc1cn2ccc(-c3cnc(OC)nc3OC)cc2n1. The number of hydrogen-bond donors (Lipinski definition) is 2. The molecule has 0 radical (unpaired) electrons. The molecule has 3 heterocycles. The molecule has 0 aliphatic heterocycles. The molecule has 0 saturated heterocycles. The number of fused-ring (bicyclic) bond motifs is 1. The van der Waals surface area contributed by atoms with Gasteiger partial charge in [-0.15, -0.1) is 0 Å². The van der Waals surface area contributed by atoms with Gasteiger partial charge in [-0.05, 0) is 24.6 Å². The molecule has 0 spiro atoms. The van der Waals surface area contributed by atoms with E-state index in [2.05, 4.69) is 25.6 Å². The maximum absolute atomic E-state index is 11.6. The lowest BCUT2D eigenvalue weighted by Crippen LogP contribution is -2.28. The number of imidazole rings is 1. The lowest BCUT2D eigenvalue weighted by atomic mass is 10.1. The number of ether oxygens (including phenoxy) is 2. The van der Waals surface area contributed by atoms with E-state index in [-0.39, 0.29) is 12.0 Å². The van der Waals surface area contributed by atoms with Crippen LogP contribution in [0.5, 0.6) is 11.9 Å². The largest absolute Gasteiger partial charge is 0.480 e. The fraction of sp³-hybridized carbons (Fsp3) is 0.250. The van der Waals surface area contributed by atoms with Gasteiger partial charge in [0.15, 0.2) is 5.82 Å². The second-order valence-corrected chi connectivity index (χ2v) is 5.07. The van der Waals surface area contributed by atoms with Crippen LogP contribution < -0.4 is 20.1 Å². The molecule has 2 amide bonds. The van der Waals surface area contributed by atoms with E-state index in [1.165, 1.54) is 14.2 Å². The molecule has 9 nitrogen and oxygen atoms in total. The summed E-state index contributed by atoms with van der Waals surface area (Å²) in [4.78, 5) is 24.3. The number of carbonyl (C=O) groups excluding carboxylic acids is 1. The number of urea groups is 1. The van der Waals surface area contributed by atoms with Crippen molar-refractivity contribution < 1.29 is 14.3 Å². The number of anilines is 1. The van der Waals surface area contributed by atoms with Crippen molar-refractivity contribution in [3.05, 3.63) is 30.7 Å². The summed E-state index contributed by atoms with van der Waals surface area (Å²) in [7, 11) is 3.03. The molecule has 3 aromatic heterocycles. The lowest BCUT2D eigenvalue weighted by Gasteiger charge is -2.08. The molecule has 0 aliphatic rings. The van der Waals surface area contributed by atoms with Gasteiger partial charge in [0.05, 0.1) is 26.0 Å². The topological polar surface area (TPSA) is 103 Å². The quantitative estimate of drug-likeness (QED) is 0.735. The zero-order chi connectivity index (χ0) is 17.8. The normalized spacial score (nSPS) is 10.5. The average Bonchev–Trinajstić information content (AvgIpc) is 3.02. The highest BCUT2D eigenvalue weighted by Gasteiger charge is 2.12. The van der Waals surface area contributed by atoms with Gasteiger partial charge in [-0.1, -0.05) is 0 Å². The second-order valence-electron chi connectivity index (χ2n) is 5.07. The molecule has 3 aromatic rings. The zero-order valence-corrected chi connectivity index (χ0v) is 14.1. The van der Waals surface area contributed by atoms with Crippen LogP contribution in [0.1, 0.15) is 6.92 Å². The fourth-order valence-electron chi connectivity index (χ4n) is 2.33. The molecular formula is C16H18N6O3. The van der Waals surface area contributed by atoms with Crippen LogP contribution in [0.25, 0.3) is 16.8 Å². The summed E-state index contributed by atoms with van der Waals surface area (Å²) in [5.74, 6) is 0.865. The Balaban J connectivity index is 1.95. The molecule has 0 fully saturated rings. The number of nitrogens with zero attached hydrogens (tertiary/aromatic N) is 4. The Hall–Kier alpha value is -3.36. The Morgan fingerprint density at radius 2 is 2.12 bits per heavy atom. The molecular weight excluding hydrogens is 324 g/mol. The first-order chi connectivity index (χ1) is 12.1. The highest BCUT2D eigenvalue weighted by atomic mass is 16.5. The smallest absolute Gasteiger partial charge is 0.320 e. The number of pyridine rings is 1. The maximum Gasteiger partial charge on any atom is 0.320 e. The first-order valence-corrected chi connectivity index (χ1v) is 7.63. The van der Waals surface area contributed by atoms with Gasteiger partial charge in [0.2, 0.25) is 5.88 Å². The zero-order valence-electron chi connectivity index (χ0n) is 14.1. The summed E-state index contributed by atoms with van der Waals surface area (Å²) in [6, 6.07) is 3.68. The van der Waals surface area contributed by atoms with E-state index in [1.807, 2.05) is 29.7 Å².